The maximum absolute atomic E-state index is 9.10. The van der Waals surface area contributed by atoms with Crippen LogP contribution in [0.25, 0.3) is 23.3 Å². The first kappa shape index (κ1) is 34.3. The SMILES string of the molecule is OCCCOc1ccc(C=Cc2ccc(N(c3ccc(OCCCO)cc3)c3ccc(-c4ccc(OCCCO)cc4)cc3)cc2)cc1. The van der Waals surface area contributed by atoms with Gasteiger partial charge in [-0.15, -0.1) is 0 Å². The molecular weight excluding hydrogens is 602 g/mol. The molecule has 0 saturated carbocycles. The molecule has 0 aliphatic heterocycles. The number of aliphatic hydroxyl groups excluding tert-OH is 3. The van der Waals surface area contributed by atoms with Gasteiger partial charge in [0.2, 0.25) is 0 Å². The smallest absolute Gasteiger partial charge is 0.119 e. The number of benzene rings is 5. The predicted octanol–water partition coefficient (Wildman–Crippen LogP) is 8.28. The summed E-state index contributed by atoms with van der Waals surface area (Å²) in [6, 6.07) is 40.9. The molecule has 0 heterocycles. The molecular formula is C41H43NO6. The van der Waals surface area contributed by atoms with Crippen LogP contribution in [0.3, 0.4) is 0 Å². The lowest BCUT2D eigenvalue weighted by Gasteiger charge is -2.26. The van der Waals surface area contributed by atoms with Crippen LogP contribution >= 0.6 is 0 Å². The van der Waals surface area contributed by atoms with Crippen LogP contribution in [0.4, 0.5) is 17.1 Å². The van der Waals surface area contributed by atoms with Crippen molar-refractivity contribution in [2.75, 3.05) is 44.5 Å². The minimum Gasteiger partial charge on any atom is -0.494 e. The Morgan fingerprint density at radius 1 is 0.396 bits per heavy atom. The highest BCUT2D eigenvalue weighted by Crippen LogP contribution is 2.37. The largest absolute Gasteiger partial charge is 0.494 e. The summed E-state index contributed by atoms with van der Waals surface area (Å²) in [5, 5.41) is 27.0. The van der Waals surface area contributed by atoms with Gasteiger partial charge in [-0.05, 0) is 95.1 Å². The second-order valence-corrected chi connectivity index (χ2v) is 11.2. The van der Waals surface area contributed by atoms with E-state index in [1.807, 2.05) is 72.8 Å². The predicted molar refractivity (Wildman–Crippen MR) is 194 cm³/mol. The monoisotopic (exact) mass is 645 g/mol. The molecule has 0 atom stereocenters. The number of ether oxygens (including phenoxy) is 3. The Hall–Kier alpha value is -5.08. The van der Waals surface area contributed by atoms with Gasteiger partial charge in [-0.1, -0.05) is 60.7 Å². The van der Waals surface area contributed by atoms with Crippen molar-refractivity contribution in [2.24, 2.45) is 0 Å². The van der Waals surface area contributed by atoms with Crippen molar-refractivity contribution in [1.29, 1.82) is 0 Å². The highest BCUT2D eigenvalue weighted by molar-refractivity contribution is 5.80. The van der Waals surface area contributed by atoms with Crippen LogP contribution in [0.2, 0.25) is 0 Å². The molecule has 48 heavy (non-hydrogen) atoms. The van der Waals surface area contributed by atoms with Crippen molar-refractivity contribution >= 4 is 29.2 Å². The first-order valence-electron chi connectivity index (χ1n) is 16.4. The van der Waals surface area contributed by atoms with Crippen LogP contribution < -0.4 is 19.1 Å². The van der Waals surface area contributed by atoms with E-state index in [-0.39, 0.29) is 19.8 Å². The maximum Gasteiger partial charge on any atom is 0.119 e. The van der Waals surface area contributed by atoms with E-state index >= 15 is 0 Å². The number of anilines is 3. The van der Waals surface area contributed by atoms with Gasteiger partial charge in [-0.3, -0.25) is 0 Å². The fourth-order valence-corrected chi connectivity index (χ4v) is 5.05. The average molecular weight is 646 g/mol. The molecule has 0 aromatic heterocycles. The normalized spacial score (nSPS) is 11.1. The Balaban J connectivity index is 1.34. The molecule has 248 valence electrons. The summed E-state index contributed by atoms with van der Waals surface area (Å²) < 4.78 is 17.1. The van der Waals surface area contributed by atoms with E-state index in [1.165, 1.54) is 0 Å². The van der Waals surface area contributed by atoms with E-state index in [2.05, 4.69) is 65.6 Å². The topological polar surface area (TPSA) is 91.6 Å². The van der Waals surface area contributed by atoms with Crippen molar-refractivity contribution in [2.45, 2.75) is 19.3 Å². The number of hydrogen-bond acceptors (Lipinski definition) is 7. The Bertz CT molecular complexity index is 1670. The van der Waals surface area contributed by atoms with Crippen LogP contribution in [-0.4, -0.2) is 55.0 Å². The van der Waals surface area contributed by atoms with E-state index in [4.69, 9.17) is 29.5 Å². The molecule has 0 radical (unpaired) electrons. The zero-order valence-corrected chi connectivity index (χ0v) is 27.1. The van der Waals surface area contributed by atoms with Gasteiger partial charge in [0.05, 0.1) is 19.8 Å². The second kappa shape index (κ2) is 18.3. The summed E-state index contributed by atoms with van der Waals surface area (Å²) in [6.07, 6.45) is 5.98. The third-order valence-electron chi connectivity index (χ3n) is 7.62. The molecule has 0 unspecified atom stereocenters. The summed E-state index contributed by atoms with van der Waals surface area (Å²) in [7, 11) is 0. The third-order valence-corrected chi connectivity index (χ3v) is 7.62. The highest BCUT2D eigenvalue weighted by atomic mass is 16.5. The van der Waals surface area contributed by atoms with Gasteiger partial charge in [-0.2, -0.15) is 0 Å². The zero-order chi connectivity index (χ0) is 33.4. The third kappa shape index (κ3) is 9.96. The minimum atomic E-state index is 0.100. The van der Waals surface area contributed by atoms with Gasteiger partial charge >= 0.3 is 0 Å². The van der Waals surface area contributed by atoms with Crippen LogP contribution in [0.5, 0.6) is 17.2 Å². The van der Waals surface area contributed by atoms with Crippen LogP contribution in [0.15, 0.2) is 121 Å². The summed E-state index contributed by atoms with van der Waals surface area (Å²) in [6.45, 7) is 1.79. The summed E-state index contributed by atoms with van der Waals surface area (Å²) >= 11 is 0. The van der Waals surface area contributed by atoms with Crippen LogP contribution in [0, 0.1) is 0 Å². The van der Waals surface area contributed by atoms with Crippen LogP contribution in [0.1, 0.15) is 30.4 Å². The number of aliphatic hydroxyl groups is 3. The molecule has 7 heteroatoms. The molecule has 3 N–H and O–H groups in total. The zero-order valence-electron chi connectivity index (χ0n) is 27.1. The molecule has 5 rings (SSSR count). The van der Waals surface area contributed by atoms with Gasteiger partial charge in [0.25, 0.3) is 0 Å². The molecule has 0 aliphatic carbocycles. The lowest BCUT2D eigenvalue weighted by atomic mass is 10.0. The summed E-state index contributed by atoms with van der Waals surface area (Å²) in [5.41, 5.74) is 7.36. The Morgan fingerprint density at radius 3 is 1.08 bits per heavy atom. The second-order valence-electron chi connectivity index (χ2n) is 11.2. The fourth-order valence-electron chi connectivity index (χ4n) is 5.05. The quantitative estimate of drug-likeness (QED) is 0.0653. The van der Waals surface area contributed by atoms with Crippen LogP contribution in [-0.2, 0) is 0 Å². The molecule has 5 aromatic carbocycles. The maximum atomic E-state index is 9.10. The molecule has 0 amide bonds. The molecule has 0 bridgehead atoms. The highest BCUT2D eigenvalue weighted by Gasteiger charge is 2.13. The number of rotatable bonds is 18. The fraction of sp³-hybridized carbons (Fsp3) is 0.220. The van der Waals surface area contributed by atoms with Crippen molar-refractivity contribution in [3.05, 3.63) is 132 Å². The van der Waals surface area contributed by atoms with Crippen molar-refractivity contribution in [3.63, 3.8) is 0 Å². The minimum absolute atomic E-state index is 0.100. The lowest BCUT2D eigenvalue weighted by molar-refractivity contribution is 0.233. The molecule has 7 nitrogen and oxygen atoms in total. The van der Waals surface area contributed by atoms with Crippen molar-refractivity contribution < 1.29 is 29.5 Å². The molecule has 5 aromatic rings. The van der Waals surface area contributed by atoms with E-state index < -0.39 is 0 Å². The van der Waals surface area contributed by atoms with E-state index in [0.717, 1.165) is 56.6 Å². The number of nitrogens with zero attached hydrogens (tertiary/aromatic N) is 1. The van der Waals surface area contributed by atoms with Crippen molar-refractivity contribution in [1.82, 2.24) is 0 Å². The van der Waals surface area contributed by atoms with Gasteiger partial charge < -0.3 is 34.4 Å². The average Bonchev–Trinajstić information content (AvgIpc) is 3.13. The van der Waals surface area contributed by atoms with Gasteiger partial charge in [0.1, 0.15) is 17.2 Å². The first-order valence-corrected chi connectivity index (χ1v) is 16.4. The Labute approximate surface area is 282 Å². The van der Waals surface area contributed by atoms with E-state index in [9.17, 15) is 0 Å². The van der Waals surface area contributed by atoms with E-state index in [1.54, 1.807) is 0 Å². The summed E-state index contributed by atoms with van der Waals surface area (Å²) in [5.74, 6) is 2.34. The van der Waals surface area contributed by atoms with E-state index in [0.29, 0.717) is 39.1 Å². The van der Waals surface area contributed by atoms with Gasteiger partial charge in [0.15, 0.2) is 0 Å². The standard InChI is InChI=1S/C41H43NO6/c43-26-1-29-46-39-20-8-33(9-21-39)5-4-32-6-14-36(15-7-32)42(38-18-24-41(25-19-38)48-31-3-28-45)37-16-10-34(11-17-37)35-12-22-40(23-13-35)47-30-2-27-44/h4-25,43-45H,1-3,26-31H2. The molecule has 0 saturated heterocycles. The van der Waals surface area contributed by atoms with Crippen molar-refractivity contribution in [3.8, 4) is 28.4 Å². The molecule has 0 fully saturated rings. The lowest BCUT2D eigenvalue weighted by Crippen LogP contribution is -2.10. The first-order chi connectivity index (χ1) is 23.7. The Morgan fingerprint density at radius 2 is 0.688 bits per heavy atom. The molecule has 0 spiro atoms. The number of hydrogen-bond donors (Lipinski definition) is 3. The Kier molecular flexibility index (Phi) is 13.1. The summed E-state index contributed by atoms with van der Waals surface area (Å²) in [4.78, 5) is 2.21. The van der Waals surface area contributed by atoms with Gasteiger partial charge in [0, 0.05) is 56.1 Å². The molecule has 0 aliphatic rings. The van der Waals surface area contributed by atoms with Gasteiger partial charge in [-0.25, -0.2) is 0 Å².